The zero-order valence-corrected chi connectivity index (χ0v) is 12.2. The van der Waals surface area contributed by atoms with Crippen LogP contribution in [0.15, 0.2) is 36.7 Å². The zero-order chi connectivity index (χ0) is 14.9. The molecule has 0 spiro atoms. The number of ether oxygens (including phenoxy) is 2. The largest absolute Gasteiger partial charge is 0.486 e. The first-order valence-corrected chi connectivity index (χ1v) is 7.53. The first-order valence-electron chi connectivity index (χ1n) is 6.71. The molecule has 1 aromatic carbocycles. The van der Waals surface area contributed by atoms with Crippen molar-refractivity contribution in [3.63, 3.8) is 0 Å². The lowest BCUT2D eigenvalue weighted by Gasteiger charge is -2.17. The van der Waals surface area contributed by atoms with Gasteiger partial charge in [-0.1, -0.05) is 11.3 Å². The number of nitrogens with zero attached hydrogens (tertiary/aromatic N) is 2. The number of hydrogen-bond acceptors (Lipinski definition) is 6. The predicted octanol–water partition coefficient (Wildman–Crippen LogP) is 2.71. The molecule has 22 heavy (non-hydrogen) atoms. The van der Waals surface area contributed by atoms with Crippen molar-refractivity contribution >= 4 is 32.6 Å². The quantitative estimate of drug-likeness (QED) is 0.787. The first-order chi connectivity index (χ1) is 10.8. The van der Waals surface area contributed by atoms with E-state index >= 15 is 0 Å². The SMILES string of the molecule is O=C(Nc1nc2cc3c(cc2s1)OCCO3)c1cccnc1. The fourth-order valence-electron chi connectivity index (χ4n) is 2.18. The number of aromatic nitrogens is 2. The minimum absolute atomic E-state index is 0.232. The molecular weight excluding hydrogens is 302 g/mol. The third-order valence-corrected chi connectivity index (χ3v) is 4.13. The van der Waals surface area contributed by atoms with Gasteiger partial charge in [-0.25, -0.2) is 4.98 Å². The minimum Gasteiger partial charge on any atom is -0.486 e. The Morgan fingerprint density at radius 2 is 2.05 bits per heavy atom. The number of benzene rings is 1. The Labute approximate surface area is 129 Å². The van der Waals surface area contributed by atoms with Gasteiger partial charge >= 0.3 is 0 Å². The normalized spacial score (nSPS) is 13.1. The molecule has 1 aliphatic rings. The average Bonchev–Trinajstić information content (AvgIpc) is 2.94. The summed E-state index contributed by atoms with van der Waals surface area (Å²) in [5.41, 5.74) is 1.27. The van der Waals surface area contributed by atoms with Crippen LogP contribution >= 0.6 is 11.3 Å². The first kappa shape index (κ1) is 13.0. The van der Waals surface area contributed by atoms with Crippen molar-refractivity contribution in [3.8, 4) is 11.5 Å². The second kappa shape index (κ2) is 5.27. The summed E-state index contributed by atoms with van der Waals surface area (Å²) in [6.07, 6.45) is 3.14. The number of pyridine rings is 1. The van der Waals surface area contributed by atoms with Crippen molar-refractivity contribution < 1.29 is 14.3 Å². The van der Waals surface area contributed by atoms with Gasteiger partial charge in [0, 0.05) is 24.5 Å². The van der Waals surface area contributed by atoms with E-state index in [1.807, 2.05) is 12.1 Å². The molecule has 1 aliphatic heterocycles. The van der Waals surface area contributed by atoms with Crippen LogP contribution in [0.25, 0.3) is 10.2 Å². The average molecular weight is 313 g/mol. The fourth-order valence-corrected chi connectivity index (χ4v) is 3.06. The zero-order valence-electron chi connectivity index (χ0n) is 11.4. The van der Waals surface area contributed by atoms with Crippen molar-refractivity contribution in [1.29, 1.82) is 0 Å². The van der Waals surface area contributed by atoms with E-state index in [1.165, 1.54) is 17.5 Å². The molecule has 3 heterocycles. The summed E-state index contributed by atoms with van der Waals surface area (Å²) in [5, 5.41) is 3.32. The van der Waals surface area contributed by atoms with E-state index in [9.17, 15) is 4.79 Å². The van der Waals surface area contributed by atoms with Crippen LogP contribution in [0.3, 0.4) is 0 Å². The van der Waals surface area contributed by atoms with Crippen LogP contribution < -0.4 is 14.8 Å². The molecule has 3 aromatic rings. The van der Waals surface area contributed by atoms with Crippen LogP contribution in [0.5, 0.6) is 11.5 Å². The van der Waals surface area contributed by atoms with Crippen LogP contribution in [0, 0.1) is 0 Å². The summed E-state index contributed by atoms with van der Waals surface area (Å²) in [6.45, 7) is 1.08. The number of anilines is 1. The van der Waals surface area contributed by atoms with E-state index in [-0.39, 0.29) is 5.91 Å². The van der Waals surface area contributed by atoms with Gasteiger partial charge in [-0.05, 0) is 12.1 Å². The number of nitrogens with one attached hydrogen (secondary N) is 1. The number of hydrogen-bond donors (Lipinski definition) is 1. The Morgan fingerprint density at radius 1 is 1.23 bits per heavy atom. The highest BCUT2D eigenvalue weighted by Gasteiger charge is 2.16. The van der Waals surface area contributed by atoms with E-state index in [0.717, 1.165) is 10.2 Å². The number of rotatable bonds is 2. The lowest BCUT2D eigenvalue weighted by atomic mass is 10.3. The van der Waals surface area contributed by atoms with Crippen LogP contribution in [0.4, 0.5) is 5.13 Å². The third kappa shape index (κ3) is 2.35. The highest BCUT2D eigenvalue weighted by Crippen LogP contribution is 2.37. The molecule has 7 heteroatoms. The van der Waals surface area contributed by atoms with Crippen molar-refractivity contribution in [2.75, 3.05) is 18.5 Å². The van der Waals surface area contributed by atoms with Crippen molar-refractivity contribution in [3.05, 3.63) is 42.2 Å². The predicted molar refractivity (Wildman–Crippen MR) is 82.8 cm³/mol. The van der Waals surface area contributed by atoms with E-state index < -0.39 is 0 Å². The summed E-state index contributed by atoms with van der Waals surface area (Å²) < 4.78 is 12.0. The lowest BCUT2D eigenvalue weighted by molar-refractivity contribution is 0.102. The van der Waals surface area contributed by atoms with Gasteiger partial charge in [-0.3, -0.25) is 15.1 Å². The summed E-state index contributed by atoms with van der Waals surface area (Å²) in [6, 6.07) is 7.15. The van der Waals surface area contributed by atoms with Gasteiger partial charge in [0.2, 0.25) is 0 Å². The number of carbonyl (C=O) groups is 1. The molecule has 0 unspecified atom stereocenters. The summed E-state index contributed by atoms with van der Waals surface area (Å²) in [7, 11) is 0. The number of carbonyl (C=O) groups excluding carboxylic acids is 1. The maximum atomic E-state index is 12.1. The number of amides is 1. The van der Waals surface area contributed by atoms with E-state index in [4.69, 9.17) is 9.47 Å². The smallest absolute Gasteiger partial charge is 0.259 e. The summed E-state index contributed by atoms with van der Waals surface area (Å²) in [5.74, 6) is 1.17. The number of fused-ring (bicyclic) bond motifs is 2. The second-order valence-corrected chi connectivity index (χ2v) is 5.71. The maximum Gasteiger partial charge on any atom is 0.259 e. The van der Waals surface area contributed by atoms with E-state index in [2.05, 4.69) is 15.3 Å². The second-order valence-electron chi connectivity index (χ2n) is 4.68. The van der Waals surface area contributed by atoms with Gasteiger partial charge in [0.1, 0.15) is 13.2 Å². The summed E-state index contributed by atoms with van der Waals surface area (Å²) >= 11 is 1.39. The molecule has 1 amide bonds. The molecule has 0 atom stereocenters. The Hall–Kier alpha value is -2.67. The highest BCUT2D eigenvalue weighted by atomic mass is 32.1. The molecule has 4 rings (SSSR count). The third-order valence-electron chi connectivity index (χ3n) is 3.20. The Kier molecular flexibility index (Phi) is 3.12. The van der Waals surface area contributed by atoms with Gasteiger partial charge < -0.3 is 9.47 Å². The van der Waals surface area contributed by atoms with E-state index in [1.54, 1.807) is 18.3 Å². The molecule has 2 aromatic heterocycles. The van der Waals surface area contributed by atoms with Crippen LogP contribution in [0.2, 0.25) is 0 Å². The topological polar surface area (TPSA) is 73.3 Å². The van der Waals surface area contributed by atoms with Gasteiger partial charge in [-0.15, -0.1) is 0 Å². The minimum atomic E-state index is -0.232. The standard InChI is InChI=1S/C15H11N3O3S/c19-14(9-2-1-3-16-8-9)18-15-17-10-6-11-12(7-13(10)22-15)21-5-4-20-11/h1-3,6-8H,4-5H2,(H,17,18,19). The monoisotopic (exact) mass is 313 g/mol. The van der Waals surface area contributed by atoms with Gasteiger partial charge in [0.15, 0.2) is 16.6 Å². The van der Waals surface area contributed by atoms with Gasteiger partial charge in [0.25, 0.3) is 5.91 Å². The molecule has 110 valence electrons. The van der Waals surface area contributed by atoms with Crippen LogP contribution in [0.1, 0.15) is 10.4 Å². The Morgan fingerprint density at radius 3 is 2.82 bits per heavy atom. The van der Waals surface area contributed by atoms with Gasteiger partial charge in [-0.2, -0.15) is 0 Å². The van der Waals surface area contributed by atoms with Crippen molar-refractivity contribution in [2.24, 2.45) is 0 Å². The molecular formula is C15H11N3O3S. The molecule has 1 N–H and O–H groups in total. The number of thiazole rings is 1. The lowest BCUT2D eigenvalue weighted by Crippen LogP contribution is -2.15. The Bertz CT molecular complexity index is 805. The highest BCUT2D eigenvalue weighted by molar-refractivity contribution is 7.22. The van der Waals surface area contributed by atoms with Crippen molar-refractivity contribution in [1.82, 2.24) is 9.97 Å². The maximum absolute atomic E-state index is 12.1. The molecule has 0 bridgehead atoms. The van der Waals surface area contributed by atoms with Crippen LogP contribution in [-0.4, -0.2) is 29.1 Å². The van der Waals surface area contributed by atoms with E-state index in [0.29, 0.717) is 35.4 Å². The fraction of sp³-hybridized carbons (Fsp3) is 0.133. The molecule has 0 saturated carbocycles. The van der Waals surface area contributed by atoms with Gasteiger partial charge in [0.05, 0.1) is 15.8 Å². The molecule has 6 nitrogen and oxygen atoms in total. The Balaban J connectivity index is 1.64. The summed E-state index contributed by atoms with van der Waals surface area (Å²) in [4.78, 5) is 20.5. The molecule has 0 fully saturated rings. The van der Waals surface area contributed by atoms with Crippen LogP contribution in [-0.2, 0) is 0 Å². The molecule has 0 radical (unpaired) electrons. The molecule has 0 aliphatic carbocycles. The molecule has 0 saturated heterocycles. The van der Waals surface area contributed by atoms with Crippen molar-refractivity contribution in [2.45, 2.75) is 0 Å².